The first-order chi connectivity index (χ1) is 16.4. The number of H-pyrrole nitrogens is 1. The fraction of sp³-hybridized carbons (Fsp3) is 0.500. The van der Waals surface area contributed by atoms with Crippen LogP contribution in [0.3, 0.4) is 0 Å². The van der Waals surface area contributed by atoms with Crippen molar-refractivity contribution in [1.29, 1.82) is 0 Å². The van der Waals surface area contributed by atoms with E-state index in [4.69, 9.17) is 4.74 Å². The van der Waals surface area contributed by atoms with Crippen molar-refractivity contribution >= 4 is 46.6 Å². The number of carbonyl (C=O) groups is 3. The molecule has 34 heavy (non-hydrogen) atoms. The van der Waals surface area contributed by atoms with E-state index in [1.165, 1.54) is 0 Å². The zero-order chi connectivity index (χ0) is 24.2. The number of benzene rings is 1. The second-order valence-corrected chi connectivity index (χ2v) is 9.84. The Morgan fingerprint density at radius 2 is 2.24 bits per heavy atom. The largest absolute Gasteiger partial charge is 0.496 e. The molecular weight excluding hydrogens is 454 g/mol. The van der Waals surface area contributed by atoms with Crippen molar-refractivity contribution in [2.24, 2.45) is 10.9 Å². The summed E-state index contributed by atoms with van der Waals surface area (Å²) in [7, 11) is 3.24. The fourth-order valence-corrected chi connectivity index (χ4v) is 5.49. The predicted molar refractivity (Wildman–Crippen MR) is 134 cm³/mol. The highest BCUT2D eigenvalue weighted by atomic mass is 32.2. The molecule has 2 fully saturated rings. The van der Waals surface area contributed by atoms with Crippen LogP contribution < -0.4 is 15.4 Å². The molecule has 10 heteroatoms. The lowest BCUT2D eigenvalue weighted by molar-refractivity contribution is -0.126. The van der Waals surface area contributed by atoms with Gasteiger partial charge in [0.25, 0.3) is 5.91 Å². The van der Waals surface area contributed by atoms with Gasteiger partial charge >= 0.3 is 0 Å². The van der Waals surface area contributed by atoms with Gasteiger partial charge in [-0.2, -0.15) is 11.8 Å². The van der Waals surface area contributed by atoms with Gasteiger partial charge in [0.1, 0.15) is 17.5 Å². The number of amides is 3. The molecule has 3 amide bonds. The number of aromatic nitrogens is 1. The molecule has 2 aromatic rings. The van der Waals surface area contributed by atoms with E-state index in [1.54, 1.807) is 43.1 Å². The monoisotopic (exact) mass is 485 g/mol. The third-order valence-electron chi connectivity index (χ3n) is 6.59. The molecule has 3 heterocycles. The Kier molecular flexibility index (Phi) is 7.45. The number of thioether (sulfide) groups is 1. The normalized spacial score (nSPS) is 23.4. The average molecular weight is 486 g/mol. The van der Waals surface area contributed by atoms with Crippen LogP contribution in [0.4, 0.5) is 0 Å². The molecule has 0 radical (unpaired) electrons. The maximum Gasteiger partial charge on any atom is 0.271 e. The second-order valence-electron chi connectivity index (χ2n) is 8.71. The Balaban J connectivity index is 1.53. The van der Waals surface area contributed by atoms with Crippen LogP contribution in [-0.4, -0.2) is 84.7 Å². The Morgan fingerprint density at radius 1 is 1.41 bits per heavy atom. The Morgan fingerprint density at radius 3 is 2.91 bits per heavy atom. The third-order valence-corrected chi connectivity index (χ3v) is 7.60. The van der Waals surface area contributed by atoms with Crippen molar-refractivity contribution in [3.63, 3.8) is 0 Å². The standard InChI is InChI=1S/C24H31N5O4S/c1-25-12-15(9-14-7-8-26-22(14)30)27-23(31)20-10-16(34-3)13-29(20)24(32)19-11-17-18(28-19)5-4-6-21(17)33-2/h4-6,11-12,14-16,20,28H,7-10,13H2,1-3H3,(H,26,30)(H,27,31)/b25-12-. The van der Waals surface area contributed by atoms with Gasteiger partial charge in [-0.25, -0.2) is 0 Å². The van der Waals surface area contributed by atoms with E-state index >= 15 is 0 Å². The first-order valence-corrected chi connectivity index (χ1v) is 12.7. The molecule has 2 saturated heterocycles. The van der Waals surface area contributed by atoms with Gasteiger partial charge in [-0.15, -0.1) is 0 Å². The minimum absolute atomic E-state index is 0.0121. The summed E-state index contributed by atoms with van der Waals surface area (Å²) >= 11 is 1.65. The van der Waals surface area contributed by atoms with Crippen LogP contribution >= 0.6 is 11.8 Å². The van der Waals surface area contributed by atoms with Gasteiger partial charge in [0, 0.05) is 48.4 Å². The SMILES string of the molecule is C/N=C\C(CC1CCNC1=O)NC(=O)C1CC(SC)CN1C(=O)c1cc2c(OC)cccc2[nH]1. The van der Waals surface area contributed by atoms with E-state index in [0.717, 1.165) is 17.3 Å². The van der Waals surface area contributed by atoms with E-state index in [1.807, 2.05) is 24.5 Å². The summed E-state index contributed by atoms with van der Waals surface area (Å²) in [5.41, 5.74) is 1.23. The first-order valence-electron chi connectivity index (χ1n) is 11.4. The van der Waals surface area contributed by atoms with Gasteiger partial charge < -0.3 is 25.3 Å². The number of nitrogens with zero attached hydrogens (tertiary/aromatic N) is 2. The summed E-state index contributed by atoms with van der Waals surface area (Å²) in [6, 6.07) is 6.42. The quantitative estimate of drug-likeness (QED) is 0.494. The molecule has 4 atom stereocenters. The minimum atomic E-state index is -0.594. The van der Waals surface area contributed by atoms with Crippen LogP contribution in [-0.2, 0) is 9.59 Å². The number of aliphatic imine (C=N–C) groups is 1. The van der Waals surface area contributed by atoms with Gasteiger partial charge in [-0.1, -0.05) is 6.07 Å². The highest BCUT2D eigenvalue weighted by molar-refractivity contribution is 7.99. The lowest BCUT2D eigenvalue weighted by Crippen LogP contribution is -2.50. The summed E-state index contributed by atoms with van der Waals surface area (Å²) in [6.45, 7) is 1.14. The first kappa shape index (κ1) is 24.1. The van der Waals surface area contributed by atoms with Gasteiger partial charge in [0.05, 0.1) is 13.2 Å². The Bertz CT molecular complexity index is 1100. The maximum atomic E-state index is 13.5. The molecule has 9 nitrogen and oxygen atoms in total. The van der Waals surface area contributed by atoms with Gasteiger partial charge in [-0.05, 0) is 43.7 Å². The van der Waals surface area contributed by atoms with Crippen LogP contribution in [0.2, 0.25) is 0 Å². The highest BCUT2D eigenvalue weighted by Gasteiger charge is 2.41. The van der Waals surface area contributed by atoms with Crippen LogP contribution in [0.1, 0.15) is 29.8 Å². The van der Waals surface area contributed by atoms with Gasteiger partial charge in [0.15, 0.2) is 0 Å². The summed E-state index contributed by atoms with van der Waals surface area (Å²) in [5, 5.41) is 6.85. The smallest absolute Gasteiger partial charge is 0.271 e. The van der Waals surface area contributed by atoms with Crippen LogP contribution in [0.5, 0.6) is 5.75 Å². The van der Waals surface area contributed by atoms with Crippen LogP contribution in [0.15, 0.2) is 29.3 Å². The number of hydrogen-bond acceptors (Lipinski definition) is 6. The molecule has 182 valence electrons. The lowest BCUT2D eigenvalue weighted by atomic mass is 9.98. The number of hydrogen-bond donors (Lipinski definition) is 3. The number of rotatable bonds is 8. The average Bonchev–Trinajstić information content (AvgIpc) is 3.56. The van der Waals surface area contributed by atoms with Crippen molar-refractivity contribution < 1.29 is 19.1 Å². The van der Waals surface area contributed by atoms with Crippen molar-refractivity contribution in [1.82, 2.24) is 20.5 Å². The molecule has 4 unspecified atom stereocenters. The zero-order valence-corrected chi connectivity index (χ0v) is 20.5. The van der Waals surface area contributed by atoms with Crippen LogP contribution in [0.25, 0.3) is 10.9 Å². The Hall–Kier alpha value is -3.01. The third kappa shape index (κ3) is 4.91. The molecule has 0 aliphatic carbocycles. The Labute approximate surface area is 203 Å². The van der Waals surface area contributed by atoms with Crippen LogP contribution in [0, 0.1) is 5.92 Å². The minimum Gasteiger partial charge on any atom is -0.496 e. The second kappa shape index (κ2) is 10.5. The van der Waals surface area contributed by atoms with E-state index in [2.05, 4.69) is 20.6 Å². The number of ether oxygens (including phenoxy) is 1. The van der Waals surface area contributed by atoms with Crippen molar-refractivity contribution in [2.45, 2.75) is 36.6 Å². The van der Waals surface area contributed by atoms with Gasteiger partial charge in [-0.3, -0.25) is 19.4 Å². The molecule has 2 aliphatic rings. The molecular formula is C24H31N5O4S. The van der Waals surface area contributed by atoms with Crippen molar-refractivity contribution in [3.05, 3.63) is 30.0 Å². The molecule has 3 N–H and O–H groups in total. The molecule has 0 bridgehead atoms. The highest BCUT2D eigenvalue weighted by Crippen LogP contribution is 2.31. The molecule has 1 aromatic carbocycles. The molecule has 1 aromatic heterocycles. The number of likely N-dealkylation sites (tertiary alicyclic amines) is 1. The van der Waals surface area contributed by atoms with E-state index in [-0.39, 0.29) is 34.9 Å². The number of nitrogens with one attached hydrogen (secondary N) is 3. The summed E-state index contributed by atoms with van der Waals surface area (Å²) in [4.78, 5) is 47.8. The summed E-state index contributed by atoms with van der Waals surface area (Å²) in [5.74, 6) is 0.110. The lowest BCUT2D eigenvalue weighted by Gasteiger charge is -2.25. The maximum absolute atomic E-state index is 13.5. The molecule has 0 saturated carbocycles. The van der Waals surface area contributed by atoms with Crippen molar-refractivity contribution in [3.8, 4) is 5.75 Å². The summed E-state index contributed by atoms with van der Waals surface area (Å²) < 4.78 is 5.42. The number of aromatic amines is 1. The predicted octanol–water partition coefficient (Wildman–Crippen LogP) is 1.83. The summed E-state index contributed by atoms with van der Waals surface area (Å²) in [6.07, 6.45) is 5.47. The number of carbonyl (C=O) groups excluding carboxylic acids is 3. The molecule has 0 spiro atoms. The fourth-order valence-electron chi connectivity index (χ4n) is 4.81. The zero-order valence-electron chi connectivity index (χ0n) is 19.7. The number of fused-ring (bicyclic) bond motifs is 1. The van der Waals surface area contributed by atoms with E-state index in [0.29, 0.717) is 37.4 Å². The van der Waals surface area contributed by atoms with E-state index < -0.39 is 6.04 Å². The van der Waals surface area contributed by atoms with Gasteiger partial charge in [0.2, 0.25) is 11.8 Å². The topological polar surface area (TPSA) is 116 Å². The number of methoxy groups -OCH3 is 1. The molecule has 2 aliphatic heterocycles. The van der Waals surface area contributed by atoms with E-state index in [9.17, 15) is 14.4 Å². The van der Waals surface area contributed by atoms with Crippen molar-refractivity contribution in [2.75, 3.05) is 33.5 Å². The molecule has 4 rings (SSSR count).